The maximum atomic E-state index is 12.9. The topological polar surface area (TPSA) is 12.0 Å². The van der Waals surface area contributed by atoms with Crippen LogP contribution in [0, 0.1) is 0 Å². The van der Waals surface area contributed by atoms with Gasteiger partial charge in [0.25, 0.3) is 0 Å². The Balaban J connectivity index is 0.000000461. The standard InChI is InChI=1S/C6H11F2N.C2H6/c7-4-6(8)2-1-3-9-5-6;1-2/h9H,1-5H2;1-2H3. The Kier molecular flexibility index (Phi) is 5.38. The fourth-order valence-corrected chi connectivity index (χ4v) is 1.05. The van der Waals surface area contributed by atoms with E-state index in [0.717, 1.165) is 13.0 Å². The first-order valence-electron chi connectivity index (χ1n) is 4.22. The lowest BCUT2D eigenvalue weighted by atomic mass is 9.98. The van der Waals surface area contributed by atoms with E-state index < -0.39 is 12.3 Å². The van der Waals surface area contributed by atoms with Gasteiger partial charge in [0, 0.05) is 6.54 Å². The van der Waals surface area contributed by atoms with Gasteiger partial charge in [0.15, 0.2) is 5.67 Å². The van der Waals surface area contributed by atoms with E-state index in [0.29, 0.717) is 6.42 Å². The predicted molar refractivity (Wildman–Crippen MR) is 43.3 cm³/mol. The van der Waals surface area contributed by atoms with Gasteiger partial charge in [-0.15, -0.1) is 0 Å². The number of hydrogen-bond donors (Lipinski definition) is 1. The van der Waals surface area contributed by atoms with Crippen LogP contribution < -0.4 is 5.32 Å². The minimum Gasteiger partial charge on any atom is -0.313 e. The molecule has 1 rings (SSSR count). The van der Waals surface area contributed by atoms with E-state index in [2.05, 4.69) is 5.32 Å². The third kappa shape index (κ3) is 3.65. The Bertz CT molecular complexity index is 90.1. The van der Waals surface area contributed by atoms with Crippen LogP contribution in [0.25, 0.3) is 0 Å². The Labute approximate surface area is 67.2 Å². The molecule has 1 N–H and O–H groups in total. The lowest BCUT2D eigenvalue weighted by Gasteiger charge is -2.26. The Morgan fingerprint density at radius 2 is 2.09 bits per heavy atom. The normalized spacial score (nSPS) is 30.5. The first-order valence-corrected chi connectivity index (χ1v) is 4.22. The van der Waals surface area contributed by atoms with Gasteiger partial charge >= 0.3 is 0 Å². The Hall–Kier alpha value is -0.180. The molecule has 1 aliphatic rings. The van der Waals surface area contributed by atoms with Crippen molar-refractivity contribution >= 4 is 0 Å². The maximum Gasteiger partial charge on any atom is 0.151 e. The molecule has 0 aromatic heterocycles. The highest BCUT2D eigenvalue weighted by molar-refractivity contribution is 4.84. The van der Waals surface area contributed by atoms with E-state index >= 15 is 0 Å². The molecular weight excluding hydrogens is 148 g/mol. The van der Waals surface area contributed by atoms with Gasteiger partial charge in [-0.1, -0.05) is 13.8 Å². The number of alkyl halides is 2. The zero-order valence-electron chi connectivity index (χ0n) is 7.29. The van der Waals surface area contributed by atoms with Gasteiger partial charge in [0.1, 0.15) is 6.67 Å². The molecule has 1 heterocycles. The number of piperidine rings is 1. The molecule has 0 radical (unpaired) electrons. The van der Waals surface area contributed by atoms with Crippen molar-refractivity contribution in [2.45, 2.75) is 32.4 Å². The third-order valence-electron chi connectivity index (χ3n) is 1.66. The van der Waals surface area contributed by atoms with Crippen LogP contribution in [-0.4, -0.2) is 25.4 Å². The molecule has 1 nitrogen and oxygen atoms in total. The Morgan fingerprint density at radius 3 is 2.36 bits per heavy atom. The minimum atomic E-state index is -1.56. The molecule has 0 aromatic carbocycles. The average Bonchev–Trinajstić information content (AvgIpc) is 2.10. The molecule has 1 fully saturated rings. The molecule has 0 bridgehead atoms. The van der Waals surface area contributed by atoms with Crippen molar-refractivity contribution in [3.05, 3.63) is 0 Å². The zero-order chi connectivity index (χ0) is 8.74. The smallest absolute Gasteiger partial charge is 0.151 e. The van der Waals surface area contributed by atoms with Gasteiger partial charge in [-0.3, -0.25) is 0 Å². The number of nitrogens with one attached hydrogen (secondary N) is 1. The SMILES string of the molecule is CC.FCC1(F)CCCNC1. The Morgan fingerprint density at radius 1 is 1.45 bits per heavy atom. The van der Waals surface area contributed by atoms with Crippen LogP contribution in [0.5, 0.6) is 0 Å². The van der Waals surface area contributed by atoms with Gasteiger partial charge in [0.2, 0.25) is 0 Å². The summed E-state index contributed by atoms with van der Waals surface area (Å²) in [6.07, 6.45) is 1.12. The van der Waals surface area contributed by atoms with Crippen LogP contribution in [0.15, 0.2) is 0 Å². The molecule has 0 saturated carbocycles. The van der Waals surface area contributed by atoms with Crippen LogP contribution in [0.3, 0.4) is 0 Å². The fraction of sp³-hybridized carbons (Fsp3) is 1.00. The lowest BCUT2D eigenvalue weighted by Crippen LogP contribution is -2.43. The summed E-state index contributed by atoms with van der Waals surface area (Å²) in [5, 5.41) is 2.81. The summed E-state index contributed by atoms with van der Waals surface area (Å²) in [6.45, 7) is 4.16. The van der Waals surface area contributed by atoms with E-state index in [1.54, 1.807) is 0 Å². The third-order valence-corrected chi connectivity index (χ3v) is 1.66. The van der Waals surface area contributed by atoms with Crippen molar-refractivity contribution in [1.82, 2.24) is 5.32 Å². The van der Waals surface area contributed by atoms with Crippen molar-refractivity contribution in [3.63, 3.8) is 0 Å². The second-order valence-electron chi connectivity index (χ2n) is 2.56. The largest absolute Gasteiger partial charge is 0.313 e. The van der Waals surface area contributed by atoms with Gasteiger partial charge in [-0.05, 0) is 19.4 Å². The monoisotopic (exact) mass is 165 g/mol. The molecule has 0 aromatic rings. The van der Waals surface area contributed by atoms with E-state index in [-0.39, 0.29) is 6.54 Å². The zero-order valence-corrected chi connectivity index (χ0v) is 7.29. The van der Waals surface area contributed by atoms with Crippen molar-refractivity contribution in [1.29, 1.82) is 0 Å². The highest BCUT2D eigenvalue weighted by Crippen LogP contribution is 2.20. The molecule has 3 heteroatoms. The first kappa shape index (κ1) is 10.8. The maximum absolute atomic E-state index is 12.9. The number of hydrogen-bond acceptors (Lipinski definition) is 1. The summed E-state index contributed by atoms with van der Waals surface area (Å²) in [4.78, 5) is 0. The molecule has 0 aliphatic carbocycles. The lowest BCUT2D eigenvalue weighted by molar-refractivity contribution is 0.0882. The molecule has 11 heavy (non-hydrogen) atoms. The molecule has 68 valence electrons. The van der Waals surface area contributed by atoms with Crippen molar-refractivity contribution in [2.75, 3.05) is 19.8 Å². The molecule has 1 aliphatic heterocycles. The van der Waals surface area contributed by atoms with Gasteiger partial charge in [0.05, 0.1) is 0 Å². The molecule has 0 spiro atoms. The molecule has 0 amide bonds. The van der Waals surface area contributed by atoms with Crippen molar-refractivity contribution < 1.29 is 8.78 Å². The summed E-state index contributed by atoms with van der Waals surface area (Å²) in [5.74, 6) is 0. The van der Waals surface area contributed by atoms with Crippen LogP contribution in [0.4, 0.5) is 8.78 Å². The van der Waals surface area contributed by atoms with E-state index in [9.17, 15) is 8.78 Å². The van der Waals surface area contributed by atoms with Crippen LogP contribution in [0.1, 0.15) is 26.7 Å². The van der Waals surface area contributed by atoms with Gasteiger partial charge < -0.3 is 5.32 Å². The fourth-order valence-electron chi connectivity index (χ4n) is 1.05. The average molecular weight is 165 g/mol. The molecule has 1 unspecified atom stereocenters. The van der Waals surface area contributed by atoms with E-state index in [4.69, 9.17) is 0 Å². The first-order chi connectivity index (χ1) is 5.27. The second kappa shape index (κ2) is 5.47. The quantitative estimate of drug-likeness (QED) is 0.627. The highest BCUT2D eigenvalue weighted by Gasteiger charge is 2.31. The summed E-state index contributed by atoms with van der Waals surface area (Å²) in [5.41, 5.74) is -1.56. The molecule has 1 saturated heterocycles. The summed E-state index contributed by atoms with van der Waals surface area (Å²) in [7, 11) is 0. The summed E-state index contributed by atoms with van der Waals surface area (Å²) >= 11 is 0. The van der Waals surface area contributed by atoms with Crippen molar-refractivity contribution in [2.24, 2.45) is 0 Å². The number of rotatable bonds is 1. The predicted octanol–water partition coefficient (Wildman–Crippen LogP) is 2.07. The minimum absolute atomic E-state index is 0.184. The van der Waals surface area contributed by atoms with E-state index in [1.807, 2.05) is 13.8 Å². The van der Waals surface area contributed by atoms with Gasteiger partial charge in [-0.25, -0.2) is 8.78 Å². The van der Waals surface area contributed by atoms with Crippen LogP contribution in [0.2, 0.25) is 0 Å². The summed E-state index contributed by atoms with van der Waals surface area (Å²) < 4.78 is 24.7. The second-order valence-corrected chi connectivity index (χ2v) is 2.56. The van der Waals surface area contributed by atoms with E-state index in [1.165, 1.54) is 0 Å². The highest BCUT2D eigenvalue weighted by atomic mass is 19.2. The molecule has 1 atom stereocenters. The van der Waals surface area contributed by atoms with Crippen molar-refractivity contribution in [3.8, 4) is 0 Å². The number of halogens is 2. The van der Waals surface area contributed by atoms with Gasteiger partial charge in [-0.2, -0.15) is 0 Å². The molecular formula is C8H17F2N. The van der Waals surface area contributed by atoms with Crippen LogP contribution in [-0.2, 0) is 0 Å². The van der Waals surface area contributed by atoms with Crippen LogP contribution >= 0.6 is 0 Å². The summed E-state index contributed by atoms with van der Waals surface area (Å²) in [6, 6.07) is 0.